The van der Waals surface area contributed by atoms with Gasteiger partial charge in [-0.2, -0.15) is 4.31 Å². The molecule has 1 fully saturated rings. The van der Waals surface area contributed by atoms with E-state index in [0.29, 0.717) is 38.4 Å². The molecule has 30 heavy (non-hydrogen) atoms. The van der Waals surface area contributed by atoms with Crippen LogP contribution in [0, 0.1) is 0 Å². The number of hydrogen-bond donors (Lipinski definition) is 1. The highest BCUT2D eigenvalue weighted by molar-refractivity contribution is 7.89. The first kappa shape index (κ1) is 22.5. The van der Waals surface area contributed by atoms with Crippen molar-refractivity contribution >= 4 is 22.0 Å². The van der Waals surface area contributed by atoms with Gasteiger partial charge in [0.15, 0.2) is 0 Å². The van der Waals surface area contributed by atoms with Gasteiger partial charge in [0, 0.05) is 25.7 Å². The number of morpholine rings is 1. The van der Waals surface area contributed by atoms with Crippen molar-refractivity contribution in [3.63, 3.8) is 0 Å². The zero-order chi connectivity index (χ0) is 21.4. The van der Waals surface area contributed by atoms with Crippen LogP contribution in [0.2, 0.25) is 0 Å². The average molecular weight is 435 g/mol. The normalized spacial score (nSPS) is 18.2. The van der Waals surface area contributed by atoms with Crippen LogP contribution >= 0.6 is 0 Å². The van der Waals surface area contributed by atoms with Gasteiger partial charge in [-0.1, -0.05) is 17.7 Å². The predicted molar refractivity (Wildman–Crippen MR) is 116 cm³/mol. The third-order valence-corrected chi connectivity index (χ3v) is 7.25. The Hall–Kier alpha value is -2.16. The van der Waals surface area contributed by atoms with E-state index in [-0.39, 0.29) is 16.6 Å². The standard InChI is InChI=1S/C22H30N2O5S/c1-28-20-9-7-19(17-21(20)30(26,27)24-13-15-29-16-14-24)8-10-22(25)23-12-11-18-5-3-2-4-6-18/h5,7-10,17H,2-4,6,11-16H2,1H3,(H,23,25)/b10-8+. The Labute approximate surface area is 178 Å². The molecule has 1 saturated heterocycles. The van der Waals surface area contributed by atoms with Crippen molar-refractivity contribution in [3.05, 3.63) is 41.5 Å². The minimum Gasteiger partial charge on any atom is -0.495 e. The van der Waals surface area contributed by atoms with Crippen LogP contribution in [0.3, 0.4) is 0 Å². The van der Waals surface area contributed by atoms with Gasteiger partial charge in [-0.05, 0) is 55.9 Å². The highest BCUT2D eigenvalue weighted by Crippen LogP contribution is 2.29. The minimum atomic E-state index is -3.70. The lowest BCUT2D eigenvalue weighted by Gasteiger charge is -2.26. The summed E-state index contributed by atoms with van der Waals surface area (Å²) in [6.45, 7) is 1.97. The van der Waals surface area contributed by atoms with E-state index >= 15 is 0 Å². The van der Waals surface area contributed by atoms with Gasteiger partial charge >= 0.3 is 0 Å². The molecule has 2 aliphatic rings. The maximum absolute atomic E-state index is 13.0. The number of hydrogen-bond acceptors (Lipinski definition) is 5. The lowest BCUT2D eigenvalue weighted by atomic mass is 9.97. The Morgan fingerprint density at radius 1 is 1.27 bits per heavy atom. The number of benzene rings is 1. The molecule has 1 aromatic rings. The van der Waals surface area contributed by atoms with E-state index in [0.717, 1.165) is 19.3 Å². The Bertz CT molecular complexity index is 902. The molecule has 1 heterocycles. The van der Waals surface area contributed by atoms with Crippen molar-refractivity contribution in [2.75, 3.05) is 40.0 Å². The molecule has 0 saturated carbocycles. The number of rotatable bonds is 8. The molecule has 1 N–H and O–H groups in total. The van der Waals surface area contributed by atoms with Crippen LogP contribution in [0.1, 0.15) is 37.7 Å². The second kappa shape index (κ2) is 10.7. The van der Waals surface area contributed by atoms with E-state index < -0.39 is 10.0 Å². The lowest BCUT2D eigenvalue weighted by molar-refractivity contribution is -0.116. The van der Waals surface area contributed by atoms with E-state index in [1.165, 1.54) is 35.9 Å². The monoisotopic (exact) mass is 434 g/mol. The van der Waals surface area contributed by atoms with Crippen LogP contribution in [0.15, 0.2) is 40.8 Å². The van der Waals surface area contributed by atoms with Crippen LogP contribution in [-0.2, 0) is 19.6 Å². The largest absolute Gasteiger partial charge is 0.495 e. The van der Waals surface area contributed by atoms with Crippen molar-refractivity contribution in [2.24, 2.45) is 0 Å². The first-order chi connectivity index (χ1) is 14.5. The highest BCUT2D eigenvalue weighted by Gasteiger charge is 2.29. The van der Waals surface area contributed by atoms with Crippen LogP contribution in [0.5, 0.6) is 5.75 Å². The van der Waals surface area contributed by atoms with Gasteiger partial charge in [-0.15, -0.1) is 0 Å². The van der Waals surface area contributed by atoms with Crippen molar-refractivity contribution < 1.29 is 22.7 Å². The molecule has 1 aliphatic carbocycles. The van der Waals surface area contributed by atoms with E-state index in [2.05, 4.69) is 11.4 Å². The molecule has 0 radical (unpaired) electrons. The van der Waals surface area contributed by atoms with Gasteiger partial charge < -0.3 is 14.8 Å². The maximum Gasteiger partial charge on any atom is 0.246 e. The van der Waals surface area contributed by atoms with Gasteiger partial charge in [-0.3, -0.25) is 4.79 Å². The fourth-order valence-corrected chi connectivity index (χ4v) is 5.23. The van der Waals surface area contributed by atoms with Crippen molar-refractivity contribution in [1.82, 2.24) is 9.62 Å². The molecule has 1 aromatic carbocycles. The van der Waals surface area contributed by atoms with Gasteiger partial charge in [-0.25, -0.2) is 8.42 Å². The third kappa shape index (κ3) is 5.93. The first-order valence-corrected chi connectivity index (χ1v) is 11.8. The SMILES string of the molecule is COc1ccc(/C=C/C(=O)NCCC2=CCCCC2)cc1S(=O)(=O)N1CCOCC1. The summed E-state index contributed by atoms with van der Waals surface area (Å²) in [5.41, 5.74) is 2.03. The number of sulfonamides is 1. The van der Waals surface area contributed by atoms with E-state index in [1.54, 1.807) is 24.3 Å². The smallest absolute Gasteiger partial charge is 0.246 e. The molecular formula is C22H30N2O5S. The van der Waals surface area contributed by atoms with Crippen LogP contribution in [0.4, 0.5) is 0 Å². The summed E-state index contributed by atoms with van der Waals surface area (Å²) in [5.74, 6) is 0.0867. The molecule has 1 aliphatic heterocycles. The Morgan fingerprint density at radius 2 is 2.07 bits per heavy atom. The number of ether oxygens (including phenoxy) is 2. The molecule has 164 valence electrons. The third-order valence-electron chi connectivity index (χ3n) is 5.33. The summed E-state index contributed by atoms with van der Waals surface area (Å²) >= 11 is 0. The molecule has 7 nitrogen and oxygen atoms in total. The van der Waals surface area contributed by atoms with E-state index in [1.807, 2.05) is 0 Å². The number of carbonyl (C=O) groups excluding carboxylic acids is 1. The molecule has 3 rings (SSSR count). The fraction of sp³-hybridized carbons (Fsp3) is 0.500. The number of amides is 1. The summed E-state index contributed by atoms with van der Waals surface area (Å²) in [4.78, 5) is 12.2. The summed E-state index contributed by atoms with van der Waals surface area (Å²) in [7, 11) is -2.26. The van der Waals surface area contributed by atoms with E-state index in [9.17, 15) is 13.2 Å². The molecule has 8 heteroatoms. The number of nitrogens with one attached hydrogen (secondary N) is 1. The molecule has 0 bridgehead atoms. The van der Waals surface area contributed by atoms with E-state index in [4.69, 9.17) is 9.47 Å². The van der Waals surface area contributed by atoms with Crippen molar-refractivity contribution in [3.8, 4) is 5.75 Å². The lowest BCUT2D eigenvalue weighted by Crippen LogP contribution is -2.40. The maximum atomic E-state index is 13.0. The number of methoxy groups -OCH3 is 1. The Morgan fingerprint density at radius 3 is 2.77 bits per heavy atom. The second-order valence-corrected chi connectivity index (χ2v) is 9.32. The molecule has 0 atom stereocenters. The van der Waals surface area contributed by atoms with Gasteiger partial charge in [0.25, 0.3) is 0 Å². The number of nitrogens with zero attached hydrogens (tertiary/aromatic N) is 1. The highest BCUT2D eigenvalue weighted by atomic mass is 32.2. The molecule has 0 spiro atoms. The van der Waals surface area contributed by atoms with Gasteiger partial charge in [0.1, 0.15) is 10.6 Å². The molecule has 0 aromatic heterocycles. The van der Waals surface area contributed by atoms with Gasteiger partial charge in [0.05, 0.1) is 20.3 Å². The summed E-state index contributed by atoms with van der Waals surface area (Å²) in [5, 5.41) is 2.89. The zero-order valence-corrected chi connectivity index (χ0v) is 18.2. The quantitative estimate of drug-likeness (QED) is 0.502. The van der Waals surface area contributed by atoms with Crippen molar-refractivity contribution in [1.29, 1.82) is 0 Å². The predicted octanol–water partition coefficient (Wildman–Crippen LogP) is 2.74. The van der Waals surface area contributed by atoms with Crippen LogP contribution in [0.25, 0.3) is 6.08 Å². The number of carbonyl (C=O) groups is 1. The summed E-state index contributed by atoms with van der Waals surface area (Å²) in [6.07, 6.45) is 10.9. The topological polar surface area (TPSA) is 84.9 Å². The minimum absolute atomic E-state index is 0.0960. The first-order valence-electron chi connectivity index (χ1n) is 10.4. The summed E-state index contributed by atoms with van der Waals surface area (Å²) < 4.78 is 38.0. The van der Waals surface area contributed by atoms with Crippen LogP contribution < -0.4 is 10.1 Å². The number of allylic oxidation sites excluding steroid dienone is 1. The molecule has 0 unspecified atom stereocenters. The molecular weight excluding hydrogens is 404 g/mol. The Kier molecular flexibility index (Phi) is 8.07. The Balaban J connectivity index is 1.65. The van der Waals surface area contributed by atoms with Crippen molar-refractivity contribution in [2.45, 2.75) is 37.0 Å². The molecule has 1 amide bonds. The van der Waals surface area contributed by atoms with Crippen LogP contribution in [-0.4, -0.2) is 58.6 Å². The second-order valence-electron chi connectivity index (χ2n) is 7.41. The van der Waals surface area contributed by atoms with Gasteiger partial charge in [0.2, 0.25) is 15.9 Å². The zero-order valence-electron chi connectivity index (χ0n) is 17.4. The average Bonchev–Trinajstić information content (AvgIpc) is 2.79. The summed E-state index contributed by atoms with van der Waals surface area (Å²) in [6, 6.07) is 4.88. The fourth-order valence-electron chi connectivity index (χ4n) is 3.63.